The summed E-state index contributed by atoms with van der Waals surface area (Å²) in [5.74, 6) is -1.14. The Balaban J connectivity index is 1.95. The van der Waals surface area contributed by atoms with Crippen LogP contribution in [0.5, 0.6) is 0 Å². The van der Waals surface area contributed by atoms with Crippen LogP contribution in [0.3, 0.4) is 0 Å². The first-order valence-electron chi connectivity index (χ1n) is 9.40. The molecule has 4 atom stereocenters. The number of carboxylic acid groups (broad SMARTS) is 1. The Labute approximate surface area is 164 Å². The van der Waals surface area contributed by atoms with Gasteiger partial charge in [0.05, 0.1) is 5.41 Å². The lowest BCUT2D eigenvalue weighted by Crippen LogP contribution is -2.62. The molecule has 6 nitrogen and oxygen atoms in total. The number of carboxylic acids is 1. The van der Waals surface area contributed by atoms with E-state index >= 15 is 0 Å². The molecule has 0 bridgehead atoms. The highest BCUT2D eigenvalue weighted by Gasteiger charge is 2.64. The van der Waals surface area contributed by atoms with Crippen molar-refractivity contribution in [3.63, 3.8) is 0 Å². The number of benzene rings is 1. The molecule has 27 heavy (non-hydrogen) atoms. The van der Waals surface area contributed by atoms with Gasteiger partial charge in [-0.25, -0.2) is 0 Å². The number of quaternary nitrogens is 1. The second kappa shape index (κ2) is 7.34. The fourth-order valence-corrected chi connectivity index (χ4v) is 4.66. The second-order valence-electron chi connectivity index (χ2n) is 7.99. The van der Waals surface area contributed by atoms with Gasteiger partial charge in [-0.3, -0.25) is 4.79 Å². The van der Waals surface area contributed by atoms with Crippen molar-refractivity contribution in [2.45, 2.75) is 45.1 Å². The molecule has 0 amide bonds. The zero-order valence-electron chi connectivity index (χ0n) is 15.8. The summed E-state index contributed by atoms with van der Waals surface area (Å²) in [5, 5.41) is 26.9. The van der Waals surface area contributed by atoms with Crippen molar-refractivity contribution >= 4 is 30.2 Å². The Kier molecular flexibility index (Phi) is 5.43. The normalized spacial score (nSPS) is 35.0. The lowest BCUT2D eigenvalue weighted by molar-refractivity contribution is -0.848. The lowest BCUT2D eigenvalue weighted by Gasteiger charge is -2.42. The Morgan fingerprint density at radius 1 is 1.37 bits per heavy atom. The molecule has 0 spiro atoms. The summed E-state index contributed by atoms with van der Waals surface area (Å²) in [6, 6.07) is 7.52. The Morgan fingerprint density at radius 2 is 2.07 bits per heavy atom. The van der Waals surface area contributed by atoms with Gasteiger partial charge in [-0.2, -0.15) is 9.58 Å². The number of nitrogens with zero attached hydrogens (tertiary/aromatic N) is 3. The van der Waals surface area contributed by atoms with Crippen LogP contribution in [0.25, 0.3) is 0 Å². The highest BCUT2D eigenvalue weighted by molar-refractivity contribution is 6.30. The highest BCUT2D eigenvalue weighted by Crippen LogP contribution is 2.52. The van der Waals surface area contributed by atoms with Crippen molar-refractivity contribution in [3.8, 4) is 0 Å². The van der Waals surface area contributed by atoms with Gasteiger partial charge in [0.2, 0.25) is 6.34 Å². The van der Waals surface area contributed by atoms with Gasteiger partial charge < -0.3 is 10.2 Å². The Bertz CT molecular complexity index is 752. The van der Waals surface area contributed by atoms with Crippen molar-refractivity contribution in [2.24, 2.45) is 21.4 Å². The maximum Gasteiger partial charge on any atom is 0.312 e. The molecule has 1 aliphatic carbocycles. The number of carbonyl (C=O) groups is 1. The highest BCUT2D eigenvalue weighted by atomic mass is 35.5. The smallest absolute Gasteiger partial charge is 0.312 e. The molecule has 1 heterocycles. The summed E-state index contributed by atoms with van der Waals surface area (Å²) >= 11 is 5.98. The molecule has 4 unspecified atom stereocenters. The quantitative estimate of drug-likeness (QED) is 0.698. The number of rotatable bonds is 7. The SMILES string of the molecule is CCC[N+]1(CC2(O)C(Cc3ccc(Cl)cc3)CCC2(C)C(=O)O)C=NC=N1. The van der Waals surface area contributed by atoms with E-state index in [-0.39, 0.29) is 17.1 Å². The van der Waals surface area contributed by atoms with E-state index in [0.29, 0.717) is 30.8 Å². The van der Waals surface area contributed by atoms with Gasteiger partial charge in [-0.15, -0.1) is 0 Å². The molecule has 7 heteroatoms. The molecule has 146 valence electrons. The van der Waals surface area contributed by atoms with Crippen molar-refractivity contribution in [1.82, 2.24) is 0 Å². The predicted molar refractivity (Wildman–Crippen MR) is 106 cm³/mol. The number of hydrogen-bond donors (Lipinski definition) is 2. The molecule has 0 radical (unpaired) electrons. The van der Waals surface area contributed by atoms with Crippen LogP contribution in [-0.2, 0) is 11.2 Å². The zero-order valence-corrected chi connectivity index (χ0v) is 16.6. The number of halogens is 1. The van der Waals surface area contributed by atoms with Gasteiger partial charge in [0.15, 0.2) is 6.34 Å². The first-order valence-corrected chi connectivity index (χ1v) is 9.78. The standard InChI is InChI=1S/C20H26ClN3O3/c1-3-10-24(14-22-13-23-24)12-20(27)16(8-9-19(20,2)18(25)26)11-15-4-6-17(21)7-5-15/h4-7,13-14,16,27H,3,8-12H2,1-2H3/p+1. The van der Waals surface area contributed by atoms with Gasteiger partial charge >= 0.3 is 5.97 Å². The van der Waals surface area contributed by atoms with Crippen LogP contribution in [0.4, 0.5) is 0 Å². The van der Waals surface area contributed by atoms with Gasteiger partial charge in [0.1, 0.15) is 18.7 Å². The maximum atomic E-state index is 12.2. The molecule has 1 aromatic carbocycles. The molecule has 3 rings (SSSR count). The van der Waals surface area contributed by atoms with Crippen molar-refractivity contribution in [2.75, 3.05) is 13.1 Å². The van der Waals surface area contributed by atoms with Gasteiger partial charge in [0, 0.05) is 5.02 Å². The molecular weight excluding hydrogens is 366 g/mol. The third-order valence-corrected chi connectivity index (χ3v) is 6.50. The van der Waals surface area contributed by atoms with Gasteiger partial charge in [-0.1, -0.05) is 35.8 Å². The first kappa shape index (κ1) is 20.0. The van der Waals surface area contributed by atoms with Crippen LogP contribution >= 0.6 is 11.6 Å². The van der Waals surface area contributed by atoms with E-state index in [0.717, 1.165) is 12.0 Å². The van der Waals surface area contributed by atoms with Crippen molar-refractivity contribution in [1.29, 1.82) is 0 Å². The summed E-state index contributed by atoms with van der Waals surface area (Å²) in [4.78, 5) is 16.3. The minimum atomic E-state index is -1.40. The van der Waals surface area contributed by atoms with E-state index in [1.807, 2.05) is 31.2 Å². The van der Waals surface area contributed by atoms with E-state index in [9.17, 15) is 15.0 Å². The van der Waals surface area contributed by atoms with E-state index in [4.69, 9.17) is 11.6 Å². The largest absolute Gasteiger partial charge is 0.481 e. The third-order valence-electron chi connectivity index (χ3n) is 6.25. The average Bonchev–Trinajstić information content (AvgIpc) is 3.16. The molecule has 1 saturated carbocycles. The molecule has 2 N–H and O–H groups in total. The van der Waals surface area contributed by atoms with E-state index in [1.54, 1.807) is 13.3 Å². The minimum Gasteiger partial charge on any atom is -0.481 e. The van der Waals surface area contributed by atoms with Gasteiger partial charge in [0.25, 0.3) is 0 Å². The number of aliphatic imine (C=N–C) groups is 1. The van der Waals surface area contributed by atoms with Gasteiger partial charge in [-0.05, 0) is 56.2 Å². The Hall–Kier alpha value is -1.76. The minimum absolute atomic E-state index is 0.146. The summed E-state index contributed by atoms with van der Waals surface area (Å²) in [7, 11) is 0. The molecule has 0 aromatic heterocycles. The molecule has 0 saturated heterocycles. The molecule has 1 aromatic rings. The van der Waals surface area contributed by atoms with Crippen LogP contribution in [-0.4, -0.2) is 52.1 Å². The second-order valence-corrected chi connectivity index (χ2v) is 8.43. The molecular formula is C20H27ClN3O3+. The summed E-state index contributed by atoms with van der Waals surface area (Å²) in [6.45, 7) is 4.59. The van der Waals surface area contributed by atoms with Crippen molar-refractivity contribution in [3.05, 3.63) is 34.9 Å². The Morgan fingerprint density at radius 3 is 2.63 bits per heavy atom. The van der Waals surface area contributed by atoms with Crippen LogP contribution in [0.1, 0.15) is 38.7 Å². The van der Waals surface area contributed by atoms with E-state index < -0.39 is 17.0 Å². The van der Waals surface area contributed by atoms with Crippen LogP contribution < -0.4 is 0 Å². The van der Waals surface area contributed by atoms with E-state index in [1.165, 1.54) is 6.34 Å². The molecule has 1 fully saturated rings. The molecule has 2 aliphatic rings. The van der Waals surface area contributed by atoms with Crippen LogP contribution in [0, 0.1) is 11.3 Å². The first-order chi connectivity index (χ1) is 12.7. The summed E-state index contributed by atoms with van der Waals surface area (Å²) < 4.78 is 0.146. The fourth-order valence-electron chi connectivity index (χ4n) is 4.54. The number of hydrogen-bond acceptors (Lipinski definition) is 4. The summed E-state index contributed by atoms with van der Waals surface area (Å²) in [5.41, 5.74) is -1.59. The topological polar surface area (TPSA) is 82.2 Å². The predicted octanol–water partition coefficient (Wildman–Crippen LogP) is 3.33. The number of aliphatic carboxylic acids is 1. The average molecular weight is 393 g/mol. The number of aliphatic hydroxyl groups is 1. The van der Waals surface area contributed by atoms with Crippen LogP contribution in [0.15, 0.2) is 34.4 Å². The fraction of sp³-hybridized carbons (Fsp3) is 0.550. The lowest BCUT2D eigenvalue weighted by atomic mass is 9.70. The van der Waals surface area contributed by atoms with Crippen molar-refractivity contribution < 1.29 is 19.6 Å². The maximum absolute atomic E-state index is 12.2. The van der Waals surface area contributed by atoms with Crippen LogP contribution in [0.2, 0.25) is 5.02 Å². The molecule has 1 aliphatic heterocycles. The zero-order chi connectivity index (χ0) is 19.7. The monoisotopic (exact) mass is 392 g/mol. The van der Waals surface area contributed by atoms with E-state index in [2.05, 4.69) is 10.1 Å². The summed E-state index contributed by atoms with van der Waals surface area (Å²) in [6.07, 6.45) is 5.73. The third kappa shape index (κ3) is 3.53.